The van der Waals surface area contributed by atoms with E-state index in [9.17, 15) is 18.9 Å². The molecule has 0 saturated carbocycles. The molecule has 1 amide bonds. The molecule has 2 aromatic carbocycles. The highest BCUT2D eigenvalue weighted by molar-refractivity contribution is 7.53. The van der Waals surface area contributed by atoms with E-state index in [1.807, 2.05) is 6.07 Å². The second-order valence-electron chi connectivity index (χ2n) is 7.99. The number of rotatable bonds is 8. The number of aromatic hydroxyl groups is 1. The Morgan fingerprint density at radius 2 is 1.82 bits per heavy atom. The second kappa shape index (κ2) is 9.21. The van der Waals surface area contributed by atoms with Crippen molar-refractivity contribution < 1.29 is 27.9 Å². The van der Waals surface area contributed by atoms with Gasteiger partial charge >= 0.3 is 7.60 Å². The van der Waals surface area contributed by atoms with Gasteiger partial charge < -0.3 is 19.1 Å². The van der Waals surface area contributed by atoms with Crippen LogP contribution < -0.4 is 0 Å². The number of phenols is 1. The van der Waals surface area contributed by atoms with E-state index in [0.717, 1.165) is 11.1 Å². The van der Waals surface area contributed by atoms with Gasteiger partial charge in [0, 0.05) is 25.2 Å². The molecule has 0 radical (unpaired) electrons. The molecule has 2 heterocycles. The molecule has 0 aliphatic carbocycles. The van der Waals surface area contributed by atoms with Gasteiger partial charge in [0.05, 0.1) is 24.9 Å². The van der Waals surface area contributed by atoms with Crippen molar-refractivity contribution in [3.05, 3.63) is 70.2 Å². The molecule has 0 fully saturated rings. The lowest BCUT2D eigenvalue weighted by atomic mass is 9.96. The molecule has 174 valence electrons. The monoisotopic (exact) mass is 472 g/mol. The van der Waals surface area contributed by atoms with Crippen LogP contribution in [0.2, 0.25) is 0 Å². The lowest BCUT2D eigenvalue weighted by molar-refractivity contribution is 0.0814. The fraction of sp³-hybridized carbons (Fsp3) is 0.333. The Morgan fingerprint density at radius 3 is 2.45 bits per heavy atom. The zero-order valence-corrected chi connectivity index (χ0v) is 19.7. The quantitative estimate of drug-likeness (QED) is 0.463. The number of amides is 1. The normalized spacial score (nSPS) is 13.7. The third-order valence-electron chi connectivity index (χ3n) is 5.68. The van der Waals surface area contributed by atoms with Gasteiger partial charge in [-0.3, -0.25) is 14.3 Å². The molecule has 3 aromatic rings. The highest BCUT2D eigenvalue weighted by Gasteiger charge is 2.36. The zero-order valence-electron chi connectivity index (χ0n) is 18.8. The Morgan fingerprint density at radius 1 is 1.15 bits per heavy atom. The van der Waals surface area contributed by atoms with E-state index in [-0.39, 0.29) is 54.5 Å². The van der Waals surface area contributed by atoms with Crippen LogP contribution in [-0.2, 0) is 32.7 Å². The minimum absolute atomic E-state index is 0.0450. The average molecular weight is 472 g/mol. The SMILES string of the molecule is CCOP(=O)(Cc1c2c(c(O)c3ncc(Cc4ccc(F)cc4)cc13)C(=O)N(C)C2)OCC. The molecule has 1 aliphatic heterocycles. The topological polar surface area (TPSA) is 89.0 Å². The molecule has 4 rings (SSSR count). The number of carbonyl (C=O) groups excluding carboxylic acids is 1. The van der Waals surface area contributed by atoms with Gasteiger partial charge in [-0.05, 0) is 60.7 Å². The fourth-order valence-electron chi connectivity index (χ4n) is 4.24. The van der Waals surface area contributed by atoms with Crippen molar-refractivity contribution >= 4 is 24.4 Å². The molecule has 0 unspecified atom stereocenters. The highest BCUT2D eigenvalue weighted by Crippen LogP contribution is 2.54. The fourth-order valence-corrected chi connectivity index (χ4v) is 6.03. The van der Waals surface area contributed by atoms with Gasteiger partial charge in [0.15, 0.2) is 5.75 Å². The van der Waals surface area contributed by atoms with E-state index in [1.54, 1.807) is 39.2 Å². The Kier molecular flexibility index (Phi) is 6.52. The number of halogens is 1. The lowest BCUT2D eigenvalue weighted by Gasteiger charge is -2.20. The maximum Gasteiger partial charge on any atom is 0.335 e. The maximum atomic E-state index is 13.4. The molecule has 0 saturated heterocycles. The van der Waals surface area contributed by atoms with Crippen LogP contribution in [-0.4, -0.2) is 41.2 Å². The molecular formula is C24H26FN2O5P. The summed E-state index contributed by atoms with van der Waals surface area (Å²) in [5, 5.41) is 11.5. The molecule has 1 aliphatic rings. The van der Waals surface area contributed by atoms with Crippen LogP contribution in [0.25, 0.3) is 10.9 Å². The lowest BCUT2D eigenvalue weighted by Crippen LogP contribution is -2.17. The third-order valence-corrected chi connectivity index (χ3v) is 7.68. The number of hydrogen-bond acceptors (Lipinski definition) is 6. The Bertz CT molecular complexity index is 1250. The van der Waals surface area contributed by atoms with Crippen LogP contribution in [0.3, 0.4) is 0 Å². The molecule has 1 N–H and O–H groups in total. The summed E-state index contributed by atoms with van der Waals surface area (Å²) in [6.07, 6.45) is 2.07. The molecule has 0 spiro atoms. The molecule has 0 atom stereocenters. The predicted octanol–water partition coefficient (Wildman–Crippen LogP) is 5.02. The first-order chi connectivity index (χ1) is 15.8. The summed E-state index contributed by atoms with van der Waals surface area (Å²) in [6, 6.07) is 8.07. The summed E-state index contributed by atoms with van der Waals surface area (Å²) < 4.78 is 37.7. The van der Waals surface area contributed by atoms with Crippen molar-refractivity contribution in [1.82, 2.24) is 9.88 Å². The van der Waals surface area contributed by atoms with Crippen molar-refractivity contribution in [3.63, 3.8) is 0 Å². The summed E-state index contributed by atoms with van der Waals surface area (Å²) in [6.45, 7) is 4.17. The number of hydrogen-bond donors (Lipinski definition) is 1. The molecule has 7 nitrogen and oxygen atoms in total. The summed E-state index contributed by atoms with van der Waals surface area (Å²) >= 11 is 0. The summed E-state index contributed by atoms with van der Waals surface area (Å²) in [5.74, 6) is -0.811. The van der Waals surface area contributed by atoms with Gasteiger partial charge in [-0.2, -0.15) is 0 Å². The Balaban J connectivity index is 1.89. The van der Waals surface area contributed by atoms with Gasteiger partial charge in [0.25, 0.3) is 5.91 Å². The molecule has 1 aromatic heterocycles. The van der Waals surface area contributed by atoms with Crippen LogP contribution in [0.1, 0.15) is 46.5 Å². The number of benzene rings is 2. The summed E-state index contributed by atoms with van der Waals surface area (Å²) in [7, 11) is -1.85. The molecule has 33 heavy (non-hydrogen) atoms. The zero-order chi connectivity index (χ0) is 23.8. The first-order valence-electron chi connectivity index (χ1n) is 10.8. The van der Waals surface area contributed by atoms with Crippen LogP contribution in [0, 0.1) is 5.82 Å². The molecular weight excluding hydrogens is 446 g/mol. The van der Waals surface area contributed by atoms with Crippen molar-refractivity contribution in [2.75, 3.05) is 20.3 Å². The number of aromatic nitrogens is 1. The van der Waals surface area contributed by atoms with E-state index < -0.39 is 7.60 Å². The second-order valence-corrected chi connectivity index (χ2v) is 10.0. The van der Waals surface area contributed by atoms with E-state index in [2.05, 4.69) is 4.98 Å². The summed E-state index contributed by atoms with van der Waals surface area (Å²) in [4.78, 5) is 18.7. The minimum atomic E-state index is -3.50. The molecule has 0 bridgehead atoms. The number of carbonyl (C=O) groups is 1. The average Bonchev–Trinajstić information content (AvgIpc) is 3.08. The largest absolute Gasteiger partial charge is 0.505 e. The maximum absolute atomic E-state index is 13.4. The van der Waals surface area contributed by atoms with E-state index in [4.69, 9.17) is 9.05 Å². The number of nitrogens with zero attached hydrogens (tertiary/aromatic N) is 2. The van der Waals surface area contributed by atoms with Gasteiger partial charge in [0.2, 0.25) is 0 Å². The van der Waals surface area contributed by atoms with Gasteiger partial charge in [-0.25, -0.2) is 4.39 Å². The summed E-state index contributed by atoms with van der Waals surface area (Å²) in [5.41, 5.74) is 3.39. The van der Waals surface area contributed by atoms with Crippen LogP contribution >= 0.6 is 7.60 Å². The van der Waals surface area contributed by atoms with E-state index in [1.165, 1.54) is 17.0 Å². The van der Waals surface area contributed by atoms with Gasteiger partial charge in [-0.15, -0.1) is 0 Å². The predicted molar refractivity (Wildman–Crippen MR) is 123 cm³/mol. The van der Waals surface area contributed by atoms with Crippen LogP contribution in [0.15, 0.2) is 36.5 Å². The number of pyridine rings is 1. The van der Waals surface area contributed by atoms with Gasteiger partial charge in [-0.1, -0.05) is 12.1 Å². The first kappa shape index (κ1) is 23.4. The number of phenolic OH excluding ortho intramolecular Hbond substituents is 1. The molecule has 9 heteroatoms. The van der Waals surface area contributed by atoms with E-state index in [0.29, 0.717) is 22.9 Å². The highest BCUT2D eigenvalue weighted by atomic mass is 31.2. The first-order valence-corrected chi connectivity index (χ1v) is 12.5. The van der Waals surface area contributed by atoms with E-state index >= 15 is 0 Å². The Hall–Kier alpha value is -2.80. The van der Waals surface area contributed by atoms with Crippen molar-refractivity contribution in [1.29, 1.82) is 0 Å². The van der Waals surface area contributed by atoms with Crippen molar-refractivity contribution in [2.24, 2.45) is 0 Å². The van der Waals surface area contributed by atoms with Crippen molar-refractivity contribution in [3.8, 4) is 5.75 Å². The standard InChI is InChI=1S/C24H26FN2O5P/c1-4-31-33(30,32-5-2)14-20-18-11-16(10-15-6-8-17(25)9-7-15)12-26-22(18)23(28)21-19(20)13-27(3)24(21)29/h6-9,11-12,28H,4-5,10,13-14H2,1-3H3. The Labute approximate surface area is 191 Å². The van der Waals surface area contributed by atoms with Crippen molar-refractivity contribution in [2.45, 2.75) is 33.0 Å². The van der Waals surface area contributed by atoms with Crippen LogP contribution in [0.5, 0.6) is 5.75 Å². The smallest absolute Gasteiger partial charge is 0.335 e. The van der Waals surface area contributed by atoms with Crippen LogP contribution in [0.4, 0.5) is 4.39 Å². The third kappa shape index (κ3) is 4.51. The van der Waals surface area contributed by atoms with Gasteiger partial charge in [0.1, 0.15) is 11.3 Å². The minimum Gasteiger partial charge on any atom is -0.505 e. The number of fused-ring (bicyclic) bond motifs is 2.